The molecule has 2 fully saturated rings. The molecule has 6 heteroatoms. The van der Waals surface area contributed by atoms with Gasteiger partial charge in [0.05, 0.1) is 5.75 Å². The minimum Gasteiger partial charge on any atom is -0.317 e. The molecule has 0 aromatic heterocycles. The zero-order valence-corrected chi connectivity index (χ0v) is 12.7. The van der Waals surface area contributed by atoms with E-state index in [0.29, 0.717) is 18.2 Å². The lowest BCUT2D eigenvalue weighted by Crippen LogP contribution is -2.43. The SMILES string of the molecule is CC1(CNS(=O)(=O)CCC2CC2)CCNCC1.Cl. The number of hydrogen-bond acceptors (Lipinski definition) is 3. The molecule has 18 heavy (non-hydrogen) atoms. The Bertz CT molecular complexity index is 349. The Labute approximate surface area is 117 Å². The van der Waals surface area contributed by atoms with Crippen molar-refractivity contribution in [1.82, 2.24) is 10.0 Å². The summed E-state index contributed by atoms with van der Waals surface area (Å²) in [5.74, 6) is 0.993. The van der Waals surface area contributed by atoms with Gasteiger partial charge < -0.3 is 5.32 Å². The van der Waals surface area contributed by atoms with E-state index in [4.69, 9.17) is 0 Å². The zero-order chi connectivity index (χ0) is 12.4. The quantitative estimate of drug-likeness (QED) is 0.781. The first kappa shape index (κ1) is 16.2. The maximum absolute atomic E-state index is 11.8. The largest absolute Gasteiger partial charge is 0.317 e. The number of hydrogen-bond donors (Lipinski definition) is 2. The van der Waals surface area contributed by atoms with Crippen molar-refractivity contribution >= 4 is 22.4 Å². The van der Waals surface area contributed by atoms with Crippen LogP contribution in [0.25, 0.3) is 0 Å². The van der Waals surface area contributed by atoms with Crippen LogP contribution in [0.1, 0.15) is 39.0 Å². The van der Waals surface area contributed by atoms with E-state index < -0.39 is 10.0 Å². The van der Waals surface area contributed by atoms with Gasteiger partial charge in [0.1, 0.15) is 0 Å². The fourth-order valence-corrected chi connectivity index (χ4v) is 3.65. The molecule has 108 valence electrons. The molecule has 1 aliphatic carbocycles. The lowest BCUT2D eigenvalue weighted by molar-refractivity contribution is 0.232. The fraction of sp³-hybridized carbons (Fsp3) is 1.00. The number of halogens is 1. The molecule has 2 rings (SSSR count). The van der Waals surface area contributed by atoms with E-state index in [0.717, 1.165) is 32.4 Å². The summed E-state index contributed by atoms with van der Waals surface area (Å²) >= 11 is 0. The predicted molar refractivity (Wildman–Crippen MR) is 76.6 cm³/mol. The van der Waals surface area contributed by atoms with Gasteiger partial charge in [0.2, 0.25) is 10.0 Å². The van der Waals surface area contributed by atoms with Crippen molar-refractivity contribution in [2.75, 3.05) is 25.4 Å². The fourth-order valence-electron chi connectivity index (χ4n) is 2.29. The van der Waals surface area contributed by atoms with E-state index in [9.17, 15) is 8.42 Å². The predicted octanol–water partition coefficient (Wildman–Crippen LogP) is 1.52. The molecule has 2 aliphatic rings. The van der Waals surface area contributed by atoms with Crippen molar-refractivity contribution in [2.24, 2.45) is 11.3 Å². The maximum atomic E-state index is 11.8. The second kappa shape index (κ2) is 6.55. The molecule has 0 amide bonds. The Morgan fingerprint density at radius 2 is 1.89 bits per heavy atom. The van der Waals surface area contributed by atoms with Gasteiger partial charge in [-0.15, -0.1) is 12.4 Å². The van der Waals surface area contributed by atoms with E-state index >= 15 is 0 Å². The van der Waals surface area contributed by atoms with Gasteiger partial charge in [0.15, 0.2) is 0 Å². The van der Waals surface area contributed by atoms with Crippen LogP contribution in [-0.4, -0.2) is 33.8 Å². The summed E-state index contributed by atoms with van der Waals surface area (Å²) in [5, 5.41) is 3.31. The highest BCUT2D eigenvalue weighted by molar-refractivity contribution is 7.89. The average molecular weight is 297 g/mol. The molecule has 0 bridgehead atoms. The molecule has 2 N–H and O–H groups in total. The summed E-state index contributed by atoms with van der Waals surface area (Å²) in [5.41, 5.74) is 0.137. The van der Waals surface area contributed by atoms with Crippen LogP contribution in [0.4, 0.5) is 0 Å². The Morgan fingerprint density at radius 1 is 1.28 bits per heavy atom. The van der Waals surface area contributed by atoms with Crippen LogP contribution in [0.5, 0.6) is 0 Å². The van der Waals surface area contributed by atoms with Gasteiger partial charge >= 0.3 is 0 Å². The number of rotatable bonds is 6. The van der Waals surface area contributed by atoms with Gasteiger partial charge in [0, 0.05) is 6.54 Å². The molecule has 0 aromatic carbocycles. The third-order valence-electron chi connectivity index (χ3n) is 4.02. The van der Waals surface area contributed by atoms with Crippen molar-refractivity contribution in [1.29, 1.82) is 0 Å². The zero-order valence-electron chi connectivity index (χ0n) is 11.1. The third-order valence-corrected chi connectivity index (χ3v) is 5.38. The molecule has 1 heterocycles. The molecular weight excluding hydrogens is 272 g/mol. The van der Waals surface area contributed by atoms with Gasteiger partial charge in [-0.2, -0.15) is 0 Å². The average Bonchev–Trinajstić information content (AvgIpc) is 3.09. The van der Waals surface area contributed by atoms with E-state index in [1.807, 2.05) is 0 Å². The molecule has 1 aliphatic heterocycles. The Balaban J connectivity index is 0.00000162. The van der Waals surface area contributed by atoms with Gasteiger partial charge in [-0.1, -0.05) is 19.8 Å². The Kier molecular flexibility index (Phi) is 5.90. The van der Waals surface area contributed by atoms with Crippen molar-refractivity contribution in [3.05, 3.63) is 0 Å². The molecule has 1 saturated carbocycles. The van der Waals surface area contributed by atoms with Crippen LogP contribution in [0.3, 0.4) is 0 Å². The van der Waals surface area contributed by atoms with Gasteiger partial charge in [-0.3, -0.25) is 0 Å². The molecule has 0 spiro atoms. The lowest BCUT2D eigenvalue weighted by atomic mass is 9.81. The summed E-state index contributed by atoms with van der Waals surface area (Å²) in [7, 11) is -3.04. The number of sulfonamides is 1. The Hall–Kier alpha value is 0.160. The van der Waals surface area contributed by atoms with E-state index in [1.165, 1.54) is 12.8 Å². The Morgan fingerprint density at radius 3 is 2.44 bits per heavy atom. The van der Waals surface area contributed by atoms with E-state index in [1.54, 1.807) is 0 Å². The minimum absolute atomic E-state index is 0. The minimum atomic E-state index is -3.04. The monoisotopic (exact) mass is 296 g/mol. The molecule has 0 unspecified atom stereocenters. The summed E-state index contributed by atoms with van der Waals surface area (Å²) in [6.07, 6.45) is 5.39. The second-order valence-corrected chi connectivity index (χ2v) is 7.86. The topological polar surface area (TPSA) is 58.2 Å². The molecule has 1 saturated heterocycles. The van der Waals surface area contributed by atoms with Crippen LogP contribution >= 0.6 is 12.4 Å². The highest BCUT2D eigenvalue weighted by Gasteiger charge is 2.29. The number of nitrogens with one attached hydrogen (secondary N) is 2. The highest BCUT2D eigenvalue weighted by atomic mass is 35.5. The van der Waals surface area contributed by atoms with E-state index in [2.05, 4.69) is 17.0 Å². The van der Waals surface area contributed by atoms with E-state index in [-0.39, 0.29) is 17.8 Å². The first-order chi connectivity index (χ1) is 7.99. The molecular formula is C12H25ClN2O2S. The van der Waals surface area contributed by atoms with Crippen molar-refractivity contribution < 1.29 is 8.42 Å². The molecule has 0 aromatic rings. The standard InChI is InChI=1S/C12H24N2O2S.ClH/c1-12(5-7-13-8-6-12)10-14-17(15,16)9-4-11-2-3-11;/h11,13-14H,2-10H2,1H3;1H. The lowest BCUT2D eigenvalue weighted by Gasteiger charge is -2.34. The smallest absolute Gasteiger partial charge is 0.211 e. The third kappa shape index (κ3) is 5.43. The molecule has 0 radical (unpaired) electrons. The normalized spacial score (nSPS) is 23.4. The van der Waals surface area contributed by atoms with Gasteiger partial charge in [-0.05, 0) is 43.7 Å². The van der Waals surface area contributed by atoms with Crippen LogP contribution in [-0.2, 0) is 10.0 Å². The summed E-state index contributed by atoms with van der Waals surface area (Å²) in [6, 6.07) is 0. The van der Waals surface area contributed by atoms with Crippen LogP contribution in [0, 0.1) is 11.3 Å². The first-order valence-corrected chi connectivity index (χ1v) is 8.32. The van der Waals surface area contributed by atoms with Gasteiger partial charge in [0.25, 0.3) is 0 Å². The van der Waals surface area contributed by atoms with Crippen molar-refractivity contribution in [3.8, 4) is 0 Å². The summed E-state index contributed by atoms with van der Waals surface area (Å²) in [4.78, 5) is 0. The number of piperidine rings is 1. The second-order valence-electron chi connectivity index (χ2n) is 5.93. The molecule has 4 nitrogen and oxygen atoms in total. The van der Waals surface area contributed by atoms with Gasteiger partial charge in [-0.25, -0.2) is 13.1 Å². The van der Waals surface area contributed by atoms with Crippen LogP contribution < -0.4 is 10.0 Å². The molecule has 0 atom stereocenters. The first-order valence-electron chi connectivity index (χ1n) is 6.67. The van der Waals surface area contributed by atoms with Crippen LogP contribution in [0.15, 0.2) is 0 Å². The summed E-state index contributed by atoms with van der Waals surface area (Å²) < 4.78 is 26.4. The van der Waals surface area contributed by atoms with Crippen molar-refractivity contribution in [3.63, 3.8) is 0 Å². The highest BCUT2D eigenvalue weighted by Crippen LogP contribution is 2.32. The summed E-state index contributed by atoms with van der Waals surface area (Å²) in [6.45, 7) is 4.78. The van der Waals surface area contributed by atoms with Crippen LogP contribution in [0.2, 0.25) is 0 Å². The van der Waals surface area contributed by atoms with Crippen molar-refractivity contribution in [2.45, 2.75) is 39.0 Å². The maximum Gasteiger partial charge on any atom is 0.211 e.